The predicted octanol–water partition coefficient (Wildman–Crippen LogP) is -5.18. The van der Waals surface area contributed by atoms with Gasteiger partial charge in [-0.3, -0.25) is 57.5 Å². The van der Waals surface area contributed by atoms with Crippen molar-refractivity contribution in [2.75, 3.05) is 19.7 Å². The van der Waals surface area contributed by atoms with Gasteiger partial charge in [0.2, 0.25) is 65.0 Å². The lowest BCUT2D eigenvalue weighted by molar-refractivity contribution is -0.145. The van der Waals surface area contributed by atoms with E-state index in [9.17, 15) is 87.9 Å². The van der Waals surface area contributed by atoms with Crippen LogP contribution in [0.4, 0.5) is 0 Å². The standard InChI is InChI=1S/C53H85N13O18/c1-6-27(4)43(65-46(76)32(16-19-38(55)70)58-47(77)35(24-29-12-14-30(69)15-13-29)62-44(74)31(10-7-8-22-54)60-50(80)41(57)28(5)68)51(81)63-36(25-67)48(78)61-34(17-20-39(56)71)52(82)66-23-9-11-37(66)49(79)59-33(18-21-40(72)73)45(75)64-42(26(2)3)53(83)84/h12-15,26-28,31-37,41-43,67-69H,6-11,16-25,54,57H2,1-5H3,(H2,55,70)(H2,56,71)(H,58,77)(H,59,79)(H,60,80)(H,61,78)(H,62,74)(H,63,81)(H,64,75)(H,65,76)(H,72,73)(H,83,84)/t27-,28+,31-,32-,33-,34-,35-,36-,37-,41-,42-,43-/m0/s1. The topological polar surface area (TPSA) is 527 Å². The first-order chi connectivity index (χ1) is 39.4. The number of nitrogens with zero attached hydrogens (tertiary/aromatic N) is 1. The third kappa shape index (κ3) is 24.1. The normalized spacial score (nSPS) is 16.9. The van der Waals surface area contributed by atoms with Gasteiger partial charge in [-0.25, -0.2) is 4.79 Å². The van der Waals surface area contributed by atoms with E-state index in [0.29, 0.717) is 18.4 Å². The quantitative estimate of drug-likeness (QED) is 0.0275. The maximum atomic E-state index is 14.3. The first kappa shape index (κ1) is 72.1. The average molecular weight is 1190 g/mol. The number of nitrogens with two attached hydrogens (primary N) is 4. The van der Waals surface area contributed by atoms with Crippen molar-refractivity contribution in [3.8, 4) is 5.75 Å². The van der Waals surface area contributed by atoms with Gasteiger partial charge in [-0.15, -0.1) is 0 Å². The maximum Gasteiger partial charge on any atom is 0.326 e. The lowest BCUT2D eigenvalue weighted by Crippen LogP contribution is -2.62. The molecule has 0 aliphatic carbocycles. The van der Waals surface area contributed by atoms with Gasteiger partial charge < -0.3 is 95.9 Å². The monoisotopic (exact) mass is 1190 g/mol. The third-order valence-corrected chi connectivity index (χ3v) is 14.0. The van der Waals surface area contributed by atoms with Crippen LogP contribution in [0.2, 0.25) is 0 Å². The molecular weight excluding hydrogens is 1110 g/mol. The fraction of sp³-hybridized carbons (Fsp3) is 0.642. The number of primary amides is 2. The fourth-order valence-corrected chi connectivity index (χ4v) is 8.73. The van der Waals surface area contributed by atoms with Crippen LogP contribution in [-0.4, -0.2) is 194 Å². The largest absolute Gasteiger partial charge is 0.508 e. The number of aromatic hydroxyl groups is 1. The zero-order valence-corrected chi connectivity index (χ0v) is 47.9. The minimum atomic E-state index is -1.86. The number of carbonyl (C=O) groups is 13. The second-order valence-corrected chi connectivity index (χ2v) is 21.0. The van der Waals surface area contributed by atoms with E-state index in [2.05, 4.69) is 42.5 Å². The van der Waals surface area contributed by atoms with E-state index in [1.54, 1.807) is 6.92 Å². The Balaban J connectivity index is 2.45. The summed E-state index contributed by atoms with van der Waals surface area (Å²) in [6.07, 6.45) is -3.34. The number of hydrogen-bond donors (Lipinski definition) is 17. The third-order valence-electron chi connectivity index (χ3n) is 14.0. The molecule has 84 heavy (non-hydrogen) atoms. The van der Waals surface area contributed by atoms with Gasteiger partial charge in [-0.05, 0) is 94.4 Å². The first-order valence-corrected chi connectivity index (χ1v) is 27.7. The van der Waals surface area contributed by atoms with Crippen molar-refractivity contribution in [2.45, 2.75) is 185 Å². The van der Waals surface area contributed by atoms with Crippen molar-refractivity contribution >= 4 is 76.9 Å². The van der Waals surface area contributed by atoms with Gasteiger partial charge in [0, 0.05) is 32.2 Å². The molecule has 0 bridgehead atoms. The number of benzene rings is 1. The molecule has 0 saturated carbocycles. The van der Waals surface area contributed by atoms with Gasteiger partial charge in [0.15, 0.2) is 0 Å². The van der Waals surface area contributed by atoms with Gasteiger partial charge in [0.05, 0.1) is 12.7 Å². The van der Waals surface area contributed by atoms with Crippen molar-refractivity contribution in [3.63, 3.8) is 0 Å². The molecule has 21 N–H and O–H groups in total. The minimum Gasteiger partial charge on any atom is -0.508 e. The smallest absolute Gasteiger partial charge is 0.326 e. The minimum absolute atomic E-state index is 0.00653. The number of carboxylic acid groups (broad SMARTS) is 2. The molecule has 1 fully saturated rings. The van der Waals surface area contributed by atoms with Gasteiger partial charge >= 0.3 is 11.9 Å². The van der Waals surface area contributed by atoms with Crippen molar-refractivity contribution in [3.05, 3.63) is 29.8 Å². The fourth-order valence-electron chi connectivity index (χ4n) is 8.73. The van der Waals surface area contributed by atoms with Crippen molar-refractivity contribution in [1.29, 1.82) is 0 Å². The number of carboxylic acids is 2. The number of aliphatic hydroxyl groups excluding tert-OH is 2. The number of carbonyl (C=O) groups excluding carboxylic acids is 11. The van der Waals surface area contributed by atoms with Gasteiger partial charge in [-0.1, -0.05) is 46.2 Å². The van der Waals surface area contributed by atoms with Crippen LogP contribution in [0.25, 0.3) is 0 Å². The van der Waals surface area contributed by atoms with Gasteiger partial charge in [-0.2, -0.15) is 0 Å². The number of amides is 11. The number of phenols is 1. The molecule has 0 unspecified atom stereocenters. The Morgan fingerprint density at radius 2 is 1.08 bits per heavy atom. The van der Waals surface area contributed by atoms with E-state index in [0.717, 1.165) is 4.90 Å². The van der Waals surface area contributed by atoms with E-state index < -0.39 is 200 Å². The van der Waals surface area contributed by atoms with E-state index in [1.807, 2.05) is 0 Å². The van der Waals surface area contributed by atoms with Crippen LogP contribution in [-0.2, 0) is 68.7 Å². The zero-order chi connectivity index (χ0) is 63.5. The molecule has 1 aliphatic rings. The Hall–Kier alpha value is -8.03. The summed E-state index contributed by atoms with van der Waals surface area (Å²) in [6, 6.07) is -9.73. The molecule has 31 nitrogen and oxygen atoms in total. The van der Waals surface area contributed by atoms with Crippen LogP contribution in [0.1, 0.15) is 117 Å². The summed E-state index contributed by atoms with van der Waals surface area (Å²) in [7, 11) is 0. The Kier molecular flexibility index (Phi) is 30.8. The van der Waals surface area contributed by atoms with Crippen molar-refractivity contribution < 1.29 is 87.9 Å². The van der Waals surface area contributed by atoms with Crippen LogP contribution in [0.3, 0.4) is 0 Å². The Morgan fingerprint density at radius 1 is 0.607 bits per heavy atom. The van der Waals surface area contributed by atoms with Crippen LogP contribution in [0.15, 0.2) is 24.3 Å². The molecule has 470 valence electrons. The van der Waals surface area contributed by atoms with Crippen LogP contribution >= 0.6 is 0 Å². The zero-order valence-electron chi connectivity index (χ0n) is 47.9. The van der Waals surface area contributed by atoms with Gasteiger partial charge in [0.1, 0.15) is 66.2 Å². The molecule has 1 aromatic carbocycles. The molecule has 31 heteroatoms. The van der Waals surface area contributed by atoms with E-state index in [-0.39, 0.29) is 50.9 Å². The van der Waals surface area contributed by atoms with Crippen molar-refractivity contribution in [2.24, 2.45) is 34.8 Å². The first-order valence-electron chi connectivity index (χ1n) is 27.7. The Bertz CT molecular complexity index is 2460. The second-order valence-electron chi connectivity index (χ2n) is 21.0. The molecule has 1 aromatic rings. The Labute approximate surface area is 485 Å². The summed E-state index contributed by atoms with van der Waals surface area (Å²) in [5, 5.41) is 68.8. The summed E-state index contributed by atoms with van der Waals surface area (Å²) >= 11 is 0. The highest BCUT2D eigenvalue weighted by atomic mass is 16.4. The number of unbranched alkanes of at least 4 members (excludes halogenated alkanes) is 1. The molecule has 2 rings (SSSR count). The summed E-state index contributed by atoms with van der Waals surface area (Å²) < 4.78 is 0. The molecule has 0 radical (unpaired) electrons. The van der Waals surface area contributed by atoms with Gasteiger partial charge in [0.25, 0.3) is 0 Å². The lowest BCUT2D eigenvalue weighted by Gasteiger charge is -2.31. The summed E-state index contributed by atoms with van der Waals surface area (Å²) in [5.74, 6) is -15.0. The molecule has 1 aliphatic heterocycles. The van der Waals surface area contributed by atoms with Crippen molar-refractivity contribution in [1.82, 2.24) is 47.4 Å². The number of likely N-dealkylation sites (tertiary alicyclic amines) is 1. The average Bonchev–Trinajstić information content (AvgIpc) is 4.16. The molecular formula is C53H85N13O18. The summed E-state index contributed by atoms with van der Waals surface area (Å²) in [6.45, 7) is 6.52. The number of aliphatic hydroxyl groups is 2. The second kappa shape index (κ2) is 35.8. The highest BCUT2D eigenvalue weighted by Gasteiger charge is 2.41. The summed E-state index contributed by atoms with van der Waals surface area (Å²) in [4.78, 5) is 173. The van der Waals surface area contributed by atoms with Crippen LogP contribution in [0.5, 0.6) is 5.75 Å². The van der Waals surface area contributed by atoms with Crippen LogP contribution < -0.4 is 65.5 Å². The number of hydrogen-bond acceptors (Lipinski definition) is 18. The molecule has 1 saturated heterocycles. The molecule has 0 aromatic heterocycles. The van der Waals surface area contributed by atoms with E-state index in [1.165, 1.54) is 52.0 Å². The number of rotatable bonds is 38. The maximum absolute atomic E-state index is 14.3. The molecule has 0 spiro atoms. The SMILES string of the molecule is CC[C@H](C)[C@H](NC(=O)[C@H](CCC(N)=O)NC(=O)[C@H](Cc1ccc(O)cc1)NC(=O)[C@H](CCCCN)NC(=O)[C@@H](N)[C@@H](C)O)C(=O)N[C@@H](CO)C(=O)N[C@@H](CCC(N)=O)C(=O)N1CCC[C@H]1C(=O)N[C@@H](CCC(=O)O)C(=O)N[C@H](C(=O)O)C(C)C. The lowest BCUT2D eigenvalue weighted by atomic mass is 9.97. The predicted molar refractivity (Wildman–Crippen MR) is 297 cm³/mol. The highest BCUT2D eigenvalue weighted by Crippen LogP contribution is 2.21. The summed E-state index contributed by atoms with van der Waals surface area (Å²) in [5.41, 5.74) is 22.7. The molecule has 1 heterocycles. The highest BCUT2D eigenvalue weighted by molar-refractivity contribution is 5.99. The number of phenolic OH excluding ortho intramolecular Hbond substituents is 1. The van der Waals surface area contributed by atoms with E-state index in [4.69, 9.17) is 22.9 Å². The Morgan fingerprint density at radius 3 is 1.61 bits per heavy atom. The molecule has 12 atom stereocenters. The molecule has 11 amide bonds. The van der Waals surface area contributed by atoms with Crippen LogP contribution in [0, 0.1) is 11.8 Å². The number of aliphatic carboxylic acids is 2. The number of nitrogens with one attached hydrogen (secondary N) is 8. The van der Waals surface area contributed by atoms with E-state index >= 15 is 0 Å².